The highest BCUT2D eigenvalue weighted by atomic mass is 35.5. The molecule has 0 saturated carbocycles. The zero-order valence-electron chi connectivity index (χ0n) is 8.74. The SMILES string of the molecule is Cl.O=C(O)CN(CC(=O)O)c1ccccc1O. The summed E-state index contributed by atoms with van der Waals surface area (Å²) in [5.41, 5.74) is 0.187. The number of phenolic OH excluding ortho intramolecular Hbond substituents is 1. The van der Waals surface area contributed by atoms with E-state index < -0.39 is 25.0 Å². The van der Waals surface area contributed by atoms with E-state index in [4.69, 9.17) is 10.2 Å². The van der Waals surface area contributed by atoms with Crippen molar-refractivity contribution in [2.45, 2.75) is 0 Å². The second kappa shape index (κ2) is 6.59. The van der Waals surface area contributed by atoms with Crippen molar-refractivity contribution < 1.29 is 24.9 Å². The van der Waals surface area contributed by atoms with E-state index in [9.17, 15) is 14.7 Å². The Morgan fingerprint density at radius 1 is 1.06 bits per heavy atom. The lowest BCUT2D eigenvalue weighted by Gasteiger charge is -2.21. The standard InChI is InChI=1S/C10H11NO5.ClH/c12-8-4-2-1-3-7(8)11(5-9(13)14)6-10(15)16;/h1-4,12H,5-6H2,(H,13,14)(H,15,16);1H. The van der Waals surface area contributed by atoms with Gasteiger partial charge in [0.25, 0.3) is 0 Å². The summed E-state index contributed by atoms with van der Waals surface area (Å²) >= 11 is 0. The predicted octanol–water partition coefficient (Wildman–Crippen LogP) is 0.790. The number of rotatable bonds is 5. The first-order valence-electron chi connectivity index (χ1n) is 4.47. The Kier molecular flexibility index (Phi) is 5.84. The Labute approximate surface area is 104 Å². The average molecular weight is 262 g/mol. The lowest BCUT2D eigenvalue weighted by Crippen LogP contribution is -2.34. The van der Waals surface area contributed by atoms with E-state index in [-0.39, 0.29) is 23.8 Å². The van der Waals surface area contributed by atoms with Crippen molar-refractivity contribution in [3.8, 4) is 5.75 Å². The number of carbonyl (C=O) groups is 2. The molecular formula is C10H12ClNO5. The van der Waals surface area contributed by atoms with E-state index >= 15 is 0 Å². The monoisotopic (exact) mass is 261 g/mol. The molecule has 0 spiro atoms. The van der Waals surface area contributed by atoms with E-state index in [1.165, 1.54) is 12.1 Å². The summed E-state index contributed by atoms with van der Waals surface area (Å²) in [5, 5.41) is 26.7. The normalized spacial score (nSPS) is 9.18. The van der Waals surface area contributed by atoms with Crippen LogP contribution in [-0.2, 0) is 9.59 Å². The van der Waals surface area contributed by atoms with Crippen LogP contribution in [0.5, 0.6) is 5.75 Å². The Balaban J connectivity index is 0.00000256. The predicted molar refractivity (Wildman–Crippen MR) is 62.8 cm³/mol. The number of halogens is 1. The number of carboxylic acid groups (broad SMARTS) is 2. The molecule has 0 saturated heterocycles. The maximum absolute atomic E-state index is 10.6. The number of para-hydroxylation sites is 2. The maximum atomic E-state index is 10.6. The Bertz CT molecular complexity index is 393. The van der Waals surface area contributed by atoms with Crippen molar-refractivity contribution in [1.82, 2.24) is 0 Å². The molecule has 0 bridgehead atoms. The molecule has 1 aromatic rings. The number of carboxylic acids is 2. The second-order valence-electron chi connectivity index (χ2n) is 3.13. The van der Waals surface area contributed by atoms with Crippen molar-refractivity contribution in [3.63, 3.8) is 0 Å². The average Bonchev–Trinajstić information content (AvgIpc) is 2.15. The molecule has 0 aromatic heterocycles. The van der Waals surface area contributed by atoms with Gasteiger partial charge in [-0.25, -0.2) is 0 Å². The zero-order valence-corrected chi connectivity index (χ0v) is 9.55. The summed E-state index contributed by atoms with van der Waals surface area (Å²) in [4.78, 5) is 22.2. The molecule has 0 aliphatic heterocycles. The van der Waals surface area contributed by atoms with Gasteiger partial charge in [-0.05, 0) is 12.1 Å². The Morgan fingerprint density at radius 2 is 1.53 bits per heavy atom. The molecule has 0 fully saturated rings. The van der Waals surface area contributed by atoms with Crippen LogP contribution in [0.3, 0.4) is 0 Å². The van der Waals surface area contributed by atoms with Crippen LogP contribution in [0.15, 0.2) is 24.3 Å². The largest absolute Gasteiger partial charge is 0.506 e. The van der Waals surface area contributed by atoms with E-state index in [2.05, 4.69) is 0 Å². The van der Waals surface area contributed by atoms with Gasteiger partial charge in [-0.1, -0.05) is 12.1 Å². The molecule has 3 N–H and O–H groups in total. The van der Waals surface area contributed by atoms with Gasteiger partial charge in [-0.3, -0.25) is 9.59 Å². The van der Waals surface area contributed by atoms with Gasteiger partial charge in [-0.15, -0.1) is 12.4 Å². The minimum atomic E-state index is -1.16. The highest BCUT2D eigenvalue weighted by molar-refractivity contribution is 5.85. The highest BCUT2D eigenvalue weighted by Crippen LogP contribution is 2.25. The summed E-state index contributed by atoms with van der Waals surface area (Å²) < 4.78 is 0. The molecular weight excluding hydrogens is 250 g/mol. The minimum absolute atomic E-state index is 0. The van der Waals surface area contributed by atoms with Gasteiger partial charge in [0.05, 0.1) is 5.69 Å². The van der Waals surface area contributed by atoms with E-state index in [0.29, 0.717) is 0 Å². The van der Waals surface area contributed by atoms with Crippen LogP contribution in [-0.4, -0.2) is 40.3 Å². The van der Waals surface area contributed by atoms with Crippen molar-refractivity contribution >= 4 is 30.0 Å². The molecule has 0 heterocycles. The van der Waals surface area contributed by atoms with Gasteiger partial charge in [0.2, 0.25) is 0 Å². The first-order valence-corrected chi connectivity index (χ1v) is 4.47. The zero-order chi connectivity index (χ0) is 12.1. The fraction of sp³-hybridized carbons (Fsp3) is 0.200. The number of hydrogen-bond acceptors (Lipinski definition) is 4. The number of aromatic hydroxyl groups is 1. The van der Waals surface area contributed by atoms with Crippen LogP contribution in [0.2, 0.25) is 0 Å². The van der Waals surface area contributed by atoms with E-state index in [1.807, 2.05) is 0 Å². The summed E-state index contributed by atoms with van der Waals surface area (Å²) in [7, 11) is 0. The molecule has 1 aromatic carbocycles. The lowest BCUT2D eigenvalue weighted by molar-refractivity contribution is -0.136. The quantitative estimate of drug-likeness (QED) is 0.725. The van der Waals surface area contributed by atoms with Crippen molar-refractivity contribution in [2.24, 2.45) is 0 Å². The number of benzene rings is 1. The van der Waals surface area contributed by atoms with Gasteiger partial charge >= 0.3 is 11.9 Å². The minimum Gasteiger partial charge on any atom is -0.506 e. The number of anilines is 1. The number of hydrogen-bond donors (Lipinski definition) is 3. The molecule has 0 aliphatic rings. The van der Waals surface area contributed by atoms with Gasteiger partial charge < -0.3 is 20.2 Å². The molecule has 0 radical (unpaired) electrons. The molecule has 0 amide bonds. The first-order chi connectivity index (χ1) is 7.50. The van der Waals surface area contributed by atoms with E-state index in [0.717, 1.165) is 4.90 Å². The van der Waals surface area contributed by atoms with Crippen LogP contribution in [0, 0.1) is 0 Å². The Morgan fingerprint density at radius 3 is 1.94 bits per heavy atom. The second-order valence-corrected chi connectivity index (χ2v) is 3.13. The first kappa shape index (κ1) is 15.0. The Hall–Kier alpha value is -1.95. The lowest BCUT2D eigenvalue weighted by atomic mass is 10.2. The molecule has 0 unspecified atom stereocenters. The third kappa shape index (κ3) is 4.60. The molecule has 0 atom stereocenters. The summed E-state index contributed by atoms with van der Waals surface area (Å²) in [6.45, 7) is -0.965. The van der Waals surface area contributed by atoms with Crippen LogP contribution in [0.4, 0.5) is 5.69 Å². The van der Waals surface area contributed by atoms with Crippen LogP contribution < -0.4 is 4.90 Å². The van der Waals surface area contributed by atoms with Crippen molar-refractivity contribution in [2.75, 3.05) is 18.0 Å². The summed E-state index contributed by atoms with van der Waals surface area (Å²) in [6.07, 6.45) is 0. The third-order valence-corrected chi connectivity index (χ3v) is 1.87. The number of aliphatic carboxylic acids is 2. The fourth-order valence-corrected chi connectivity index (χ4v) is 1.28. The number of nitrogens with zero attached hydrogens (tertiary/aromatic N) is 1. The van der Waals surface area contributed by atoms with Gasteiger partial charge in [0.1, 0.15) is 18.8 Å². The molecule has 6 nitrogen and oxygen atoms in total. The topological polar surface area (TPSA) is 98.1 Å². The maximum Gasteiger partial charge on any atom is 0.323 e. The van der Waals surface area contributed by atoms with Crippen LogP contribution >= 0.6 is 12.4 Å². The van der Waals surface area contributed by atoms with Gasteiger partial charge in [0, 0.05) is 0 Å². The van der Waals surface area contributed by atoms with Crippen molar-refractivity contribution in [3.05, 3.63) is 24.3 Å². The third-order valence-electron chi connectivity index (χ3n) is 1.87. The molecule has 0 aliphatic carbocycles. The summed E-state index contributed by atoms with van der Waals surface area (Å²) in [6, 6.07) is 5.98. The molecule has 7 heteroatoms. The number of phenols is 1. The molecule has 1 rings (SSSR count). The van der Waals surface area contributed by atoms with Crippen LogP contribution in [0.1, 0.15) is 0 Å². The van der Waals surface area contributed by atoms with Crippen molar-refractivity contribution in [1.29, 1.82) is 0 Å². The van der Waals surface area contributed by atoms with E-state index in [1.54, 1.807) is 12.1 Å². The summed E-state index contributed by atoms with van der Waals surface area (Å²) in [5.74, 6) is -2.47. The van der Waals surface area contributed by atoms with Crippen LogP contribution in [0.25, 0.3) is 0 Å². The highest BCUT2D eigenvalue weighted by Gasteiger charge is 2.16. The van der Waals surface area contributed by atoms with Gasteiger partial charge in [0.15, 0.2) is 0 Å². The van der Waals surface area contributed by atoms with Gasteiger partial charge in [-0.2, -0.15) is 0 Å². The smallest absolute Gasteiger partial charge is 0.323 e. The fourth-order valence-electron chi connectivity index (χ4n) is 1.28. The molecule has 94 valence electrons. The molecule has 17 heavy (non-hydrogen) atoms.